The standard InChI is InChI=1S/C31H26BrN5O/c1-31(2)15-27-23(28(38)16-31)14-25(33-27)21-11-19(17-7-9-20(32)10-8-17)12-22(21)29-35-30-26(36-37-29)13-18-5-3-4-6-24(18)34-30/h3-12,14,22,33H,13,15-16H2,1-2H3,(H,34,35,37). The Kier molecular flexibility index (Phi) is 5.27. The third-order valence-corrected chi connectivity index (χ3v) is 8.18. The molecule has 0 radical (unpaired) electrons. The predicted octanol–water partition coefficient (Wildman–Crippen LogP) is 7.03. The Balaban J connectivity index is 1.31. The van der Waals surface area contributed by atoms with Crippen LogP contribution in [-0.2, 0) is 12.8 Å². The normalized spacial score (nSPS) is 19.1. The van der Waals surface area contributed by atoms with Gasteiger partial charge in [0.1, 0.15) is 5.69 Å². The first-order chi connectivity index (χ1) is 18.3. The van der Waals surface area contributed by atoms with E-state index in [4.69, 9.17) is 4.98 Å². The van der Waals surface area contributed by atoms with Gasteiger partial charge >= 0.3 is 0 Å². The predicted molar refractivity (Wildman–Crippen MR) is 152 cm³/mol. The van der Waals surface area contributed by atoms with Crippen molar-refractivity contribution in [3.8, 4) is 0 Å². The van der Waals surface area contributed by atoms with E-state index in [1.54, 1.807) is 0 Å². The summed E-state index contributed by atoms with van der Waals surface area (Å²) in [6.07, 6.45) is 6.50. The molecule has 0 spiro atoms. The number of Topliss-reactive ketones (excluding diaryl/α,β-unsaturated/α-hetero) is 1. The quantitative estimate of drug-likeness (QED) is 0.246. The van der Waals surface area contributed by atoms with Gasteiger partial charge in [-0.2, -0.15) is 0 Å². The van der Waals surface area contributed by atoms with E-state index < -0.39 is 0 Å². The number of nitrogens with zero attached hydrogens (tertiary/aromatic N) is 3. The minimum Gasteiger partial charge on any atom is -0.358 e. The van der Waals surface area contributed by atoms with Gasteiger partial charge in [-0.25, -0.2) is 4.98 Å². The largest absolute Gasteiger partial charge is 0.358 e. The minimum atomic E-state index is -0.200. The molecule has 1 unspecified atom stereocenters. The molecule has 7 rings (SSSR count). The molecule has 7 heteroatoms. The average Bonchev–Trinajstić information content (AvgIpc) is 3.52. The van der Waals surface area contributed by atoms with E-state index in [0.717, 1.165) is 61.8 Å². The van der Waals surface area contributed by atoms with Gasteiger partial charge in [-0.3, -0.25) is 4.79 Å². The molecule has 0 amide bonds. The van der Waals surface area contributed by atoms with E-state index in [2.05, 4.69) is 86.7 Å². The van der Waals surface area contributed by atoms with E-state index in [-0.39, 0.29) is 17.1 Å². The number of fused-ring (bicyclic) bond motifs is 3. The van der Waals surface area contributed by atoms with Crippen LogP contribution in [0.15, 0.2) is 71.2 Å². The number of benzene rings is 2. The van der Waals surface area contributed by atoms with Gasteiger partial charge in [0.05, 0.1) is 5.92 Å². The molecule has 0 saturated carbocycles. The van der Waals surface area contributed by atoms with Crippen LogP contribution in [0.1, 0.15) is 70.6 Å². The molecule has 2 N–H and O–H groups in total. The molecule has 0 saturated heterocycles. The van der Waals surface area contributed by atoms with Crippen LogP contribution >= 0.6 is 15.9 Å². The second-order valence-corrected chi connectivity index (χ2v) is 12.1. The monoisotopic (exact) mass is 563 g/mol. The zero-order valence-electron chi connectivity index (χ0n) is 21.2. The highest BCUT2D eigenvalue weighted by Crippen LogP contribution is 2.44. The second-order valence-electron chi connectivity index (χ2n) is 11.1. The Labute approximate surface area is 229 Å². The van der Waals surface area contributed by atoms with Crippen LogP contribution in [0.5, 0.6) is 0 Å². The summed E-state index contributed by atoms with van der Waals surface area (Å²) in [5, 5.41) is 12.7. The summed E-state index contributed by atoms with van der Waals surface area (Å²) in [6.45, 7) is 4.30. The highest BCUT2D eigenvalue weighted by atomic mass is 79.9. The first-order valence-corrected chi connectivity index (χ1v) is 13.7. The summed E-state index contributed by atoms with van der Waals surface area (Å²) in [7, 11) is 0. The lowest BCUT2D eigenvalue weighted by molar-refractivity contribution is 0.0912. The molecule has 1 atom stereocenters. The number of para-hydroxylation sites is 1. The van der Waals surface area contributed by atoms with Crippen molar-refractivity contribution in [1.29, 1.82) is 0 Å². The number of hydrogen-bond donors (Lipinski definition) is 2. The minimum absolute atomic E-state index is 0.0516. The maximum absolute atomic E-state index is 13.0. The van der Waals surface area contributed by atoms with Gasteiger partial charge in [0.25, 0.3) is 0 Å². The zero-order valence-corrected chi connectivity index (χ0v) is 22.8. The molecule has 188 valence electrons. The fourth-order valence-electron chi connectivity index (χ4n) is 5.78. The van der Waals surface area contributed by atoms with Crippen LogP contribution in [0.3, 0.4) is 0 Å². The molecular formula is C31H26BrN5O. The van der Waals surface area contributed by atoms with Crippen molar-refractivity contribution >= 4 is 44.4 Å². The average molecular weight is 564 g/mol. The van der Waals surface area contributed by atoms with Gasteiger partial charge < -0.3 is 10.3 Å². The molecular weight excluding hydrogens is 538 g/mol. The first kappa shape index (κ1) is 23.3. The Morgan fingerprint density at radius 2 is 1.84 bits per heavy atom. The molecule has 2 aromatic heterocycles. The number of halogens is 1. The van der Waals surface area contributed by atoms with Gasteiger partial charge in [-0.1, -0.05) is 66.2 Å². The van der Waals surface area contributed by atoms with Crippen molar-refractivity contribution in [2.75, 3.05) is 5.32 Å². The summed E-state index contributed by atoms with van der Waals surface area (Å²) in [5.74, 6) is 1.38. The van der Waals surface area contributed by atoms with Crippen LogP contribution in [0.4, 0.5) is 11.5 Å². The lowest BCUT2D eigenvalue weighted by Gasteiger charge is -2.27. The van der Waals surface area contributed by atoms with Crippen LogP contribution < -0.4 is 5.32 Å². The van der Waals surface area contributed by atoms with Crippen molar-refractivity contribution in [3.05, 3.63) is 111 Å². The fourth-order valence-corrected chi connectivity index (χ4v) is 6.05. The summed E-state index contributed by atoms with van der Waals surface area (Å²) in [4.78, 5) is 21.5. The van der Waals surface area contributed by atoms with Crippen molar-refractivity contribution in [2.24, 2.45) is 5.41 Å². The number of rotatable bonds is 3. The Hall–Kier alpha value is -3.84. The first-order valence-electron chi connectivity index (χ1n) is 12.9. The molecule has 0 fully saturated rings. The molecule has 6 nitrogen and oxygen atoms in total. The number of aromatic amines is 1. The topological polar surface area (TPSA) is 83.6 Å². The van der Waals surface area contributed by atoms with Crippen LogP contribution in [0, 0.1) is 5.41 Å². The van der Waals surface area contributed by atoms with Gasteiger partial charge in [0.2, 0.25) is 0 Å². The molecule has 2 aromatic carbocycles. The lowest BCUT2D eigenvalue weighted by atomic mass is 9.76. The van der Waals surface area contributed by atoms with Gasteiger partial charge in [0, 0.05) is 40.0 Å². The number of carbonyl (C=O) groups is 1. The maximum Gasteiger partial charge on any atom is 0.165 e. The molecule has 3 heterocycles. The molecule has 4 aromatic rings. The smallest absolute Gasteiger partial charge is 0.165 e. The number of aromatic nitrogens is 4. The van der Waals surface area contributed by atoms with Gasteiger partial charge in [-0.15, -0.1) is 10.2 Å². The number of H-pyrrole nitrogens is 1. The Bertz CT molecular complexity index is 1680. The zero-order chi connectivity index (χ0) is 26.0. The van der Waals surface area contributed by atoms with Crippen LogP contribution in [0.25, 0.3) is 11.1 Å². The molecule has 1 aliphatic heterocycles. The third-order valence-electron chi connectivity index (χ3n) is 7.65. The number of carbonyl (C=O) groups excluding carboxylic acids is 1. The van der Waals surface area contributed by atoms with Crippen molar-refractivity contribution in [1.82, 2.24) is 20.2 Å². The number of nitrogens with one attached hydrogen (secondary N) is 2. The molecule has 2 aliphatic carbocycles. The van der Waals surface area contributed by atoms with Crippen molar-refractivity contribution < 1.29 is 4.79 Å². The van der Waals surface area contributed by atoms with Crippen molar-refractivity contribution in [3.63, 3.8) is 0 Å². The number of ketones is 1. The summed E-state index contributed by atoms with van der Waals surface area (Å²) in [6, 6.07) is 18.5. The summed E-state index contributed by atoms with van der Waals surface area (Å²) in [5.41, 5.74) is 9.04. The number of allylic oxidation sites excluding steroid dienone is 4. The van der Waals surface area contributed by atoms with Gasteiger partial charge in [-0.05, 0) is 64.5 Å². The maximum atomic E-state index is 13.0. The van der Waals surface area contributed by atoms with E-state index in [9.17, 15) is 4.79 Å². The van der Waals surface area contributed by atoms with E-state index in [1.807, 2.05) is 30.3 Å². The molecule has 0 bridgehead atoms. The lowest BCUT2D eigenvalue weighted by Crippen LogP contribution is -2.26. The summed E-state index contributed by atoms with van der Waals surface area (Å²) >= 11 is 3.54. The van der Waals surface area contributed by atoms with E-state index in [0.29, 0.717) is 18.7 Å². The SMILES string of the molecule is CC1(C)CC(=O)c2cc(C3=CC(c4ccc(Br)cc4)=CC3c3nnc4c(n3)Nc3ccccc3C4)[nH]c2C1. The molecule has 3 aliphatic rings. The number of anilines is 2. The Morgan fingerprint density at radius 3 is 2.68 bits per heavy atom. The second kappa shape index (κ2) is 8.60. The van der Waals surface area contributed by atoms with Crippen LogP contribution in [-0.4, -0.2) is 25.9 Å². The van der Waals surface area contributed by atoms with E-state index in [1.165, 1.54) is 5.56 Å². The highest BCUT2D eigenvalue weighted by molar-refractivity contribution is 9.10. The van der Waals surface area contributed by atoms with Crippen molar-refractivity contribution in [2.45, 2.75) is 39.0 Å². The molecule has 38 heavy (non-hydrogen) atoms. The fraction of sp³-hybridized carbons (Fsp3) is 0.226. The van der Waals surface area contributed by atoms with E-state index >= 15 is 0 Å². The van der Waals surface area contributed by atoms with Gasteiger partial charge in [0.15, 0.2) is 17.4 Å². The third kappa shape index (κ3) is 4.02. The highest BCUT2D eigenvalue weighted by Gasteiger charge is 2.35. The summed E-state index contributed by atoms with van der Waals surface area (Å²) < 4.78 is 1.03. The Morgan fingerprint density at radius 1 is 1.03 bits per heavy atom. The van der Waals surface area contributed by atoms with Crippen LogP contribution in [0.2, 0.25) is 0 Å². The number of hydrogen-bond acceptors (Lipinski definition) is 5.